The average molecular weight is 196 g/mol. The molecule has 4 nitrogen and oxygen atoms in total. The van der Waals surface area contributed by atoms with Gasteiger partial charge in [0.05, 0.1) is 4.91 Å². The van der Waals surface area contributed by atoms with Crippen LogP contribution < -0.4 is 0 Å². The zero-order valence-electron chi connectivity index (χ0n) is 5.49. The fraction of sp³-hybridized carbons (Fsp3) is 0.400. The van der Waals surface area contributed by atoms with Crippen LogP contribution in [0.4, 0.5) is 0 Å². The van der Waals surface area contributed by atoms with Crippen molar-refractivity contribution < 1.29 is 13.5 Å². The lowest BCUT2D eigenvalue weighted by atomic mass is 10.4. The molecule has 0 saturated heterocycles. The van der Waals surface area contributed by atoms with Crippen LogP contribution in [0.3, 0.4) is 0 Å². The zero-order chi connectivity index (χ0) is 8.48. The third-order valence-electron chi connectivity index (χ3n) is 1.24. The monoisotopic (exact) mass is 195 g/mol. The third-order valence-corrected chi connectivity index (χ3v) is 3.49. The van der Waals surface area contributed by atoms with Crippen molar-refractivity contribution >= 4 is 25.9 Å². The molecule has 1 heterocycles. The number of hydrogen-bond donors (Lipinski definition) is 1. The zero-order valence-corrected chi connectivity index (χ0v) is 7.06. The first-order valence-electron chi connectivity index (χ1n) is 2.87. The van der Waals surface area contributed by atoms with E-state index >= 15 is 0 Å². The molecule has 1 rings (SSSR count). The highest BCUT2D eigenvalue weighted by Gasteiger charge is 2.27. The van der Waals surface area contributed by atoms with E-state index in [2.05, 4.69) is 4.99 Å². The average Bonchev–Trinajstić information content (AvgIpc) is 2.16. The Balaban J connectivity index is 2.93. The Morgan fingerprint density at radius 1 is 1.64 bits per heavy atom. The van der Waals surface area contributed by atoms with Crippen LogP contribution >= 0.6 is 11.6 Å². The van der Waals surface area contributed by atoms with Crippen LogP contribution in [0.15, 0.2) is 16.1 Å². The molecule has 6 heteroatoms. The van der Waals surface area contributed by atoms with Crippen molar-refractivity contribution in [1.82, 2.24) is 0 Å². The maximum atomic E-state index is 11.0. The van der Waals surface area contributed by atoms with Crippen LogP contribution in [0, 0.1) is 0 Å². The summed E-state index contributed by atoms with van der Waals surface area (Å²) >= 11 is 5.26. The Morgan fingerprint density at radius 3 is 2.64 bits per heavy atom. The molecule has 1 N–H and O–H groups in total. The van der Waals surface area contributed by atoms with E-state index < -0.39 is 14.3 Å². The maximum absolute atomic E-state index is 11.0. The molecule has 0 saturated carbocycles. The van der Waals surface area contributed by atoms with Gasteiger partial charge in [-0.05, 0) is 11.6 Å². The largest absolute Gasteiger partial charge is 0.396 e. The molecule has 11 heavy (non-hydrogen) atoms. The highest BCUT2D eigenvalue weighted by Crippen LogP contribution is 2.21. The molecule has 0 amide bonds. The number of sulfone groups is 1. The number of rotatable bonds is 2. The highest BCUT2D eigenvalue weighted by molar-refractivity contribution is 8.12. The SMILES string of the molecule is O=S1(=O)C(CCO)=CN=C1Cl. The van der Waals surface area contributed by atoms with E-state index in [0.717, 1.165) is 6.20 Å². The smallest absolute Gasteiger partial charge is 0.232 e. The molecule has 1 aliphatic heterocycles. The van der Waals surface area contributed by atoms with Crippen LogP contribution in [-0.4, -0.2) is 24.6 Å². The first kappa shape index (κ1) is 8.70. The molecule has 1 aliphatic rings. The van der Waals surface area contributed by atoms with Crippen molar-refractivity contribution in [3.05, 3.63) is 11.1 Å². The van der Waals surface area contributed by atoms with E-state index in [1.807, 2.05) is 0 Å². The Morgan fingerprint density at radius 2 is 2.27 bits per heavy atom. The van der Waals surface area contributed by atoms with Gasteiger partial charge in [-0.25, -0.2) is 13.4 Å². The van der Waals surface area contributed by atoms with Gasteiger partial charge in [-0.1, -0.05) is 0 Å². The predicted octanol–water partition coefficient (Wildman–Crippen LogP) is 0.233. The molecule has 0 bridgehead atoms. The van der Waals surface area contributed by atoms with Gasteiger partial charge in [-0.2, -0.15) is 0 Å². The molecule has 0 unspecified atom stereocenters. The van der Waals surface area contributed by atoms with Gasteiger partial charge in [0.1, 0.15) is 0 Å². The van der Waals surface area contributed by atoms with E-state index in [4.69, 9.17) is 16.7 Å². The summed E-state index contributed by atoms with van der Waals surface area (Å²) < 4.78 is 21.7. The minimum atomic E-state index is -3.51. The van der Waals surface area contributed by atoms with Crippen molar-refractivity contribution in [2.45, 2.75) is 6.42 Å². The number of halogens is 1. The lowest BCUT2D eigenvalue weighted by Gasteiger charge is -1.96. The molecule has 0 aromatic rings. The van der Waals surface area contributed by atoms with Crippen molar-refractivity contribution in [3.63, 3.8) is 0 Å². The summed E-state index contributed by atoms with van der Waals surface area (Å²) in [6, 6.07) is 0. The van der Waals surface area contributed by atoms with E-state index in [1.54, 1.807) is 0 Å². The van der Waals surface area contributed by atoms with Crippen LogP contribution in [-0.2, 0) is 9.84 Å². The summed E-state index contributed by atoms with van der Waals surface area (Å²) in [6.45, 7) is -0.218. The van der Waals surface area contributed by atoms with E-state index in [1.165, 1.54) is 0 Å². The molecular weight excluding hydrogens is 190 g/mol. The van der Waals surface area contributed by atoms with E-state index in [-0.39, 0.29) is 17.9 Å². The Kier molecular flexibility index (Phi) is 2.31. The Labute approximate surface area is 69.1 Å². The first-order chi connectivity index (χ1) is 5.09. The number of aliphatic imine (C=N–C) groups is 1. The van der Waals surface area contributed by atoms with Gasteiger partial charge in [0, 0.05) is 19.2 Å². The molecule has 0 radical (unpaired) electrons. The summed E-state index contributed by atoms with van der Waals surface area (Å²) in [5.41, 5.74) is 0. The minimum absolute atomic E-state index is 0.0715. The Bertz CT molecular complexity index is 317. The number of aliphatic hydroxyl groups excluding tert-OH is 1. The summed E-state index contributed by atoms with van der Waals surface area (Å²) in [5.74, 6) is 0. The summed E-state index contributed by atoms with van der Waals surface area (Å²) in [5, 5.41) is 8.45. The second kappa shape index (κ2) is 2.92. The molecule has 0 aliphatic carbocycles. The lowest BCUT2D eigenvalue weighted by molar-refractivity contribution is 0.301. The van der Waals surface area contributed by atoms with Gasteiger partial charge in [-0.15, -0.1) is 0 Å². The van der Waals surface area contributed by atoms with Gasteiger partial charge in [-0.3, -0.25) is 0 Å². The van der Waals surface area contributed by atoms with E-state index in [9.17, 15) is 8.42 Å². The fourth-order valence-corrected chi connectivity index (χ4v) is 1.98. The van der Waals surface area contributed by atoms with Gasteiger partial charge in [0.15, 0.2) is 0 Å². The lowest BCUT2D eigenvalue weighted by Crippen LogP contribution is -2.07. The molecule has 0 aromatic heterocycles. The van der Waals surface area contributed by atoms with Crippen LogP contribution in [0.25, 0.3) is 0 Å². The summed E-state index contributed by atoms with van der Waals surface area (Å²) in [4.78, 5) is 3.48. The Hall–Kier alpha value is -0.390. The van der Waals surface area contributed by atoms with Crippen molar-refractivity contribution in [3.8, 4) is 0 Å². The molecular formula is C5H6ClNO3S. The first-order valence-corrected chi connectivity index (χ1v) is 4.73. The highest BCUT2D eigenvalue weighted by atomic mass is 35.5. The van der Waals surface area contributed by atoms with Gasteiger partial charge in [0.25, 0.3) is 0 Å². The predicted molar refractivity (Wildman–Crippen MR) is 42.0 cm³/mol. The molecule has 0 spiro atoms. The number of nitrogens with zero attached hydrogens (tertiary/aromatic N) is 1. The van der Waals surface area contributed by atoms with E-state index in [0.29, 0.717) is 0 Å². The normalized spacial score (nSPS) is 21.3. The standard InChI is InChI=1S/C5H6ClNO3S/c6-5-7-3-4(1-2-8)11(5,9)10/h3,8H,1-2H2. The van der Waals surface area contributed by atoms with Gasteiger partial charge >= 0.3 is 0 Å². The van der Waals surface area contributed by atoms with Crippen LogP contribution in [0.1, 0.15) is 6.42 Å². The van der Waals surface area contributed by atoms with Crippen LogP contribution in [0.5, 0.6) is 0 Å². The van der Waals surface area contributed by atoms with Crippen LogP contribution in [0.2, 0.25) is 0 Å². The molecule has 0 fully saturated rings. The second-order valence-corrected chi connectivity index (χ2v) is 4.45. The third kappa shape index (κ3) is 1.45. The molecule has 0 aromatic carbocycles. The minimum Gasteiger partial charge on any atom is -0.396 e. The summed E-state index contributed by atoms with van der Waals surface area (Å²) in [6.07, 6.45) is 1.23. The fourth-order valence-electron chi connectivity index (χ4n) is 0.679. The second-order valence-electron chi connectivity index (χ2n) is 1.95. The molecule has 0 atom stereocenters. The maximum Gasteiger partial charge on any atom is 0.232 e. The van der Waals surface area contributed by atoms with Gasteiger partial charge < -0.3 is 5.11 Å². The van der Waals surface area contributed by atoms with Crippen molar-refractivity contribution in [2.75, 3.05) is 6.61 Å². The molecule has 62 valence electrons. The topological polar surface area (TPSA) is 66.7 Å². The van der Waals surface area contributed by atoms with Crippen molar-refractivity contribution in [2.24, 2.45) is 4.99 Å². The quantitative estimate of drug-likeness (QED) is 0.686. The van der Waals surface area contributed by atoms with Gasteiger partial charge in [0.2, 0.25) is 14.3 Å². The number of aliphatic hydroxyl groups is 1. The summed E-state index contributed by atoms with van der Waals surface area (Å²) in [7, 11) is -3.51. The van der Waals surface area contributed by atoms with Crippen molar-refractivity contribution in [1.29, 1.82) is 0 Å². The number of hydrogen-bond acceptors (Lipinski definition) is 4.